The van der Waals surface area contributed by atoms with Gasteiger partial charge in [-0.2, -0.15) is 0 Å². The summed E-state index contributed by atoms with van der Waals surface area (Å²) in [7, 11) is 0. The van der Waals surface area contributed by atoms with Crippen molar-refractivity contribution in [3.63, 3.8) is 0 Å². The number of rotatable bonds is 5. The highest BCUT2D eigenvalue weighted by Crippen LogP contribution is 2.29. The summed E-state index contributed by atoms with van der Waals surface area (Å²) < 4.78 is 18.8. The maximum atomic E-state index is 13.2. The number of aliphatic hydroxyl groups excluding tert-OH is 1. The Morgan fingerprint density at radius 1 is 1.30 bits per heavy atom. The molecule has 3 rings (SSSR count). The van der Waals surface area contributed by atoms with Crippen LogP contribution in [0, 0.1) is 5.82 Å². The van der Waals surface area contributed by atoms with Gasteiger partial charge in [-0.1, -0.05) is 30.3 Å². The molecule has 1 heterocycles. The monoisotopic (exact) mass is 315 g/mol. The molecular weight excluding hydrogens is 297 g/mol. The number of hydrogen-bond donors (Lipinski definition) is 2. The second kappa shape index (κ2) is 6.79. The molecule has 0 fully saturated rings. The van der Waals surface area contributed by atoms with Gasteiger partial charge in [0.1, 0.15) is 11.6 Å². The molecule has 2 N–H and O–H groups in total. The van der Waals surface area contributed by atoms with Gasteiger partial charge in [0, 0.05) is 12.0 Å². The van der Waals surface area contributed by atoms with Crippen molar-refractivity contribution in [1.29, 1.82) is 0 Å². The van der Waals surface area contributed by atoms with Crippen LogP contribution >= 0.6 is 0 Å². The van der Waals surface area contributed by atoms with E-state index in [1.807, 2.05) is 30.3 Å². The van der Waals surface area contributed by atoms with E-state index in [1.54, 1.807) is 0 Å². The van der Waals surface area contributed by atoms with Gasteiger partial charge in [-0.3, -0.25) is 4.79 Å². The van der Waals surface area contributed by atoms with Gasteiger partial charge in [0.05, 0.1) is 12.6 Å². The predicted molar refractivity (Wildman–Crippen MR) is 83.7 cm³/mol. The average Bonchev–Trinajstić information content (AvgIpc) is 2.98. The molecule has 5 heteroatoms. The fourth-order valence-corrected chi connectivity index (χ4v) is 2.72. The summed E-state index contributed by atoms with van der Waals surface area (Å²) in [6, 6.07) is 13.5. The van der Waals surface area contributed by atoms with Crippen LogP contribution in [0.15, 0.2) is 48.5 Å². The summed E-state index contributed by atoms with van der Waals surface area (Å²) in [4.78, 5) is 12.3. The third kappa shape index (κ3) is 3.68. The average molecular weight is 315 g/mol. The fourth-order valence-electron chi connectivity index (χ4n) is 2.72. The Labute approximate surface area is 133 Å². The Balaban J connectivity index is 1.60. The van der Waals surface area contributed by atoms with Gasteiger partial charge in [0.15, 0.2) is 6.10 Å². The van der Waals surface area contributed by atoms with Crippen molar-refractivity contribution in [3.8, 4) is 5.75 Å². The van der Waals surface area contributed by atoms with Crippen molar-refractivity contribution in [2.45, 2.75) is 25.0 Å². The van der Waals surface area contributed by atoms with E-state index in [4.69, 9.17) is 4.74 Å². The minimum atomic E-state index is -0.684. The summed E-state index contributed by atoms with van der Waals surface area (Å²) in [5, 5.41) is 12.3. The normalized spacial score (nSPS) is 17.2. The first kappa shape index (κ1) is 15.5. The molecule has 0 aromatic heterocycles. The lowest BCUT2D eigenvalue weighted by Crippen LogP contribution is -2.45. The molecule has 1 amide bonds. The summed E-state index contributed by atoms with van der Waals surface area (Å²) >= 11 is 0. The van der Waals surface area contributed by atoms with Crippen LogP contribution in [0.3, 0.4) is 0 Å². The van der Waals surface area contributed by atoms with E-state index < -0.39 is 6.10 Å². The van der Waals surface area contributed by atoms with Crippen LogP contribution in [0.1, 0.15) is 11.1 Å². The Morgan fingerprint density at radius 3 is 2.83 bits per heavy atom. The van der Waals surface area contributed by atoms with Crippen molar-refractivity contribution in [1.82, 2.24) is 5.32 Å². The predicted octanol–water partition coefficient (Wildman–Crippen LogP) is 1.85. The Bertz CT molecular complexity index is 690. The molecule has 0 spiro atoms. The number of ether oxygens (including phenoxy) is 1. The number of benzene rings is 2. The molecule has 0 aliphatic carbocycles. The highest BCUT2D eigenvalue weighted by molar-refractivity contribution is 5.82. The second-order valence-electron chi connectivity index (χ2n) is 5.64. The molecular formula is C18H18FNO3. The quantitative estimate of drug-likeness (QED) is 0.885. The number of carbonyl (C=O) groups is 1. The van der Waals surface area contributed by atoms with E-state index in [1.165, 1.54) is 18.2 Å². The number of fused-ring (bicyclic) bond motifs is 1. The summed E-state index contributed by atoms with van der Waals surface area (Å²) in [5.74, 6) is -0.0996. The summed E-state index contributed by atoms with van der Waals surface area (Å²) in [5.41, 5.74) is 1.72. The number of nitrogens with one attached hydrogen (secondary N) is 1. The van der Waals surface area contributed by atoms with Crippen molar-refractivity contribution < 1.29 is 19.0 Å². The fraction of sp³-hybridized carbons (Fsp3) is 0.278. The summed E-state index contributed by atoms with van der Waals surface area (Å²) in [6.07, 6.45) is 0.191. The number of aliphatic hydroxyl groups is 1. The first-order chi connectivity index (χ1) is 11.2. The molecule has 1 aliphatic heterocycles. The van der Waals surface area contributed by atoms with Gasteiger partial charge >= 0.3 is 0 Å². The largest absolute Gasteiger partial charge is 0.480 e. The number of hydrogen-bond acceptors (Lipinski definition) is 3. The first-order valence-electron chi connectivity index (χ1n) is 7.56. The highest BCUT2D eigenvalue weighted by atomic mass is 19.1. The zero-order valence-corrected chi connectivity index (χ0v) is 12.5. The topological polar surface area (TPSA) is 58.6 Å². The van der Waals surface area contributed by atoms with E-state index in [-0.39, 0.29) is 24.4 Å². The van der Waals surface area contributed by atoms with Crippen LogP contribution in [-0.4, -0.2) is 29.8 Å². The third-order valence-corrected chi connectivity index (χ3v) is 3.88. The van der Waals surface area contributed by atoms with Crippen molar-refractivity contribution in [2.75, 3.05) is 6.61 Å². The van der Waals surface area contributed by atoms with Gasteiger partial charge in [-0.05, 0) is 30.2 Å². The maximum Gasteiger partial charge on any atom is 0.261 e. The molecule has 2 aromatic rings. The van der Waals surface area contributed by atoms with Gasteiger partial charge in [-0.25, -0.2) is 4.39 Å². The third-order valence-electron chi connectivity index (χ3n) is 3.88. The van der Waals surface area contributed by atoms with Crippen molar-refractivity contribution in [2.24, 2.45) is 0 Å². The molecule has 2 unspecified atom stereocenters. The molecule has 2 atom stereocenters. The molecule has 23 heavy (non-hydrogen) atoms. The number of carbonyl (C=O) groups excluding carboxylic acids is 1. The van der Waals surface area contributed by atoms with Crippen LogP contribution in [0.5, 0.6) is 5.75 Å². The van der Waals surface area contributed by atoms with E-state index in [2.05, 4.69) is 5.32 Å². The van der Waals surface area contributed by atoms with Crippen LogP contribution in [0.4, 0.5) is 4.39 Å². The van der Waals surface area contributed by atoms with Gasteiger partial charge in [0.25, 0.3) is 5.91 Å². The smallest absolute Gasteiger partial charge is 0.261 e. The lowest BCUT2D eigenvalue weighted by atomic mass is 10.1. The maximum absolute atomic E-state index is 13.2. The number of amides is 1. The Morgan fingerprint density at radius 2 is 2.09 bits per heavy atom. The van der Waals surface area contributed by atoms with Crippen LogP contribution in [0.2, 0.25) is 0 Å². The van der Waals surface area contributed by atoms with Gasteiger partial charge in [0.2, 0.25) is 0 Å². The second-order valence-corrected chi connectivity index (χ2v) is 5.64. The van der Waals surface area contributed by atoms with Crippen LogP contribution in [0.25, 0.3) is 0 Å². The standard InChI is InChI=1S/C18H18FNO3/c19-14-6-7-16-13(9-14)10-17(23-16)18(22)20-15(11-21)8-12-4-2-1-3-5-12/h1-7,9,15,17,21H,8,10-11H2,(H,20,22). The minimum absolute atomic E-state index is 0.158. The van der Waals surface area contributed by atoms with E-state index in [9.17, 15) is 14.3 Å². The highest BCUT2D eigenvalue weighted by Gasteiger charge is 2.30. The molecule has 0 saturated heterocycles. The van der Waals surface area contributed by atoms with E-state index in [0.29, 0.717) is 24.2 Å². The molecule has 120 valence electrons. The van der Waals surface area contributed by atoms with E-state index >= 15 is 0 Å². The zero-order chi connectivity index (χ0) is 16.2. The lowest BCUT2D eigenvalue weighted by Gasteiger charge is -2.19. The first-order valence-corrected chi connectivity index (χ1v) is 7.56. The summed E-state index contributed by atoms with van der Waals surface area (Å²) in [6.45, 7) is -0.158. The Hall–Kier alpha value is -2.40. The van der Waals surface area contributed by atoms with Crippen LogP contribution < -0.4 is 10.1 Å². The Kier molecular flexibility index (Phi) is 4.57. The molecule has 0 saturated carbocycles. The number of halogens is 1. The SMILES string of the molecule is O=C(NC(CO)Cc1ccccc1)C1Cc2cc(F)ccc2O1. The minimum Gasteiger partial charge on any atom is -0.480 e. The van der Waals surface area contributed by atoms with Crippen LogP contribution in [-0.2, 0) is 17.6 Å². The molecule has 0 bridgehead atoms. The molecule has 4 nitrogen and oxygen atoms in total. The molecule has 1 aliphatic rings. The van der Waals surface area contributed by atoms with Crippen molar-refractivity contribution >= 4 is 5.91 Å². The zero-order valence-electron chi connectivity index (χ0n) is 12.5. The van der Waals surface area contributed by atoms with E-state index in [0.717, 1.165) is 5.56 Å². The van der Waals surface area contributed by atoms with Crippen molar-refractivity contribution in [3.05, 3.63) is 65.5 Å². The molecule has 0 radical (unpaired) electrons. The van der Waals surface area contributed by atoms with Gasteiger partial charge in [-0.15, -0.1) is 0 Å². The lowest BCUT2D eigenvalue weighted by molar-refractivity contribution is -0.128. The van der Waals surface area contributed by atoms with Gasteiger partial charge < -0.3 is 15.2 Å². The molecule has 2 aromatic carbocycles.